The molecule has 2 saturated heterocycles. The summed E-state index contributed by atoms with van der Waals surface area (Å²) in [4.78, 5) is 28.8. The van der Waals surface area contributed by atoms with Crippen LogP contribution in [0.2, 0.25) is 10.0 Å². The van der Waals surface area contributed by atoms with E-state index < -0.39 is 11.7 Å². The van der Waals surface area contributed by atoms with E-state index in [1.54, 1.807) is 4.90 Å². The van der Waals surface area contributed by atoms with Crippen LogP contribution in [0.5, 0.6) is 5.75 Å². The van der Waals surface area contributed by atoms with Crippen LogP contribution in [-0.2, 0) is 9.53 Å². The van der Waals surface area contributed by atoms with E-state index in [2.05, 4.69) is 0 Å². The number of phenolic OH excluding ortho intramolecular Hbond substituents is 1. The van der Waals surface area contributed by atoms with Gasteiger partial charge in [0, 0.05) is 31.7 Å². The highest BCUT2D eigenvalue weighted by molar-refractivity contribution is 6.42. The number of ether oxygens (including phenoxy) is 1. The number of benzene rings is 1. The second-order valence-electron chi connectivity index (χ2n) is 9.67. The Morgan fingerprint density at radius 1 is 1.09 bits per heavy atom. The van der Waals surface area contributed by atoms with Crippen molar-refractivity contribution in [3.63, 3.8) is 0 Å². The molecule has 178 valence electrons. The number of phenols is 1. The second-order valence-corrected chi connectivity index (χ2v) is 10.5. The quantitative estimate of drug-likeness (QED) is 0.650. The Kier molecular flexibility index (Phi) is 7.84. The van der Waals surface area contributed by atoms with Gasteiger partial charge < -0.3 is 24.7 Å². The van der Waals surface area contributed by atoms with Crippen LogP contribution >= 0.6 is 23.2 Å². The zero-order chi connectivity index (χ0) is 23.6. The summed E-state index contributed by atoms with van der Waals surface area (Å²) in [5, 5.41) is 21.6. The van der Waals surface area contributed by atoms with E-state index in [0.717, 1.165) is 6.42 Å². The van der Waals surface area contributed by atoms with Crippen LogP contribution < -0.4 is 0 Å². The Morgan fingerprint density at radius 2 is 1.78 bits per heavy atom. The molecule has 0 aliphatic carbocycles. The monoisotopic (exact) mass is 486 g/mol. The maximum atomic E-state index is 13.1. The molecule has 2 N–H and O–H groups in total. The standard InChI is InChI=1S/C23H32Cl2N2O5/c1-23(2,3)32-22(31)27-12-9-15(13-27)21(30)26-10-4-5-14(8-11-26)20(29)18-17(28)7-6-16(24)19(18)25/h6-7,14-15,20,28-29H,4-5,8-13H2,1-3H3/t14?,15-,20?/m0/s1. The third-order valence-corrected chi connectivity index (χ3v) is 6.94. The molecule has 0 saturated carbocycles. The third-order valence-electron chi connectivity index (χ3n) is 6.13. The normalized spacial score (nSPS) is 23.1. The van der Waals surface area contributed by atoms with Gasteiger partial charge in [-0.1, -0.05) is 23.2 Å². The lowest BCUT2D eigenvalue weighted by Crippen LogP contribution is -2.40. The van der Waals surface area contributed by atoms with Crippen LogP contribution in [0.25, 0.3) is 0 Å². The first kappa shape index (κ1) is 24.9. The fraction of sp³-hybridized carbons (Fsp3) is 0.652. The third kappa shape index (κ3) is 5.80. The molecule has 1 aromatic carbocycles. The summed E-state index contributed by atoms with van der Waals surface area (Å²) < 4.78 is 5.42. The number of aliphatic hydroxyl groups is 1. The summed E-state index contributed by atoms with van der Waals surface area (Å²) in [6.45, 7) is 7.43. The van der Waals surface area contributed by atoms with Gasteiger partial charge in [-0.2, -0.15) is 0 Å². The van der Waals surface area contributed by atoms with Crippen molar-refractivity contribution in [3.8, 4) is 5.75 Å². The fourth-order valence-corrected chi connectivity index (χ4v) is 4.88. The minimum atomic E-state index is -0.967. The molecule has 32 heavy (non-hydrogen) atoms. The van der Waals surface area contributed by atoms with Gasteiger partial charge in [0.15, 0.2) is 0 Å². The first-order chi connectivity index (χ1) is 15.0. The summed E-state index contributed by atoms with van der Waals surface area (Å²) in [6.07, 6.45) is 1.27. The smallest absolute Gasteiger partial charge is 0.410 e. The highest BCUT2D eigenvalue weighted by Crippen LogP contribution is 2.42. The van der Waals surface area contributed by atoms with E-state index >= 15 is 0 Å². The summed E-state index contributed by atoms with van der Waals surface area (Å²) in [5.41, 5.74) is -0.326. The van der Waals surface area contributed by atoms with Crippen molar-refractivity contribution in [2.24, 2.45) is 11.8 Å². The zero-order valence-electron chi connectivity index (χ0n) is 18.8. The Bertz CT molecular complexity index is 858. The number of aliphatic hydroxyl groups excluding tert-OH is 1. The fourth-order valence-electron chi connectivity index (χ4n) is 4.44. The molecular weight excluding hydrogens is 455 g/mol. The second kappa shape index (κ2) is 10.1. The molecule has 0 aromatic heterocycles. The van der Waals surface area contributed by atoms with E-state index in [4.69, 9.17) is 27.9 Å². The van der Waals surface area contributed by atoms with Crippen molar-refractivity contribution in [1.82, 2.24) is 9.80 Å². The number of likely N-dealkylation sites (tertiary alicyclic amines) is 2. The van der Waals surface area contributed by atoms with E-state index in [-0.39, 0.29) is 45.2 Å². The molecule has 2 aliphatic heterocycles. The topological polar surface area (TPSA) is 90.3 Å². The molecule has 2 aliphatic rings. The summed E-state index contributed by atoms with van der Waals surface area (Å²) in [7, 11) is 0. The van der Waals surface area contributed by atoms with Crippen LogP contribution in [0.15, 0.2) is 12.1 Å². The number of carbonyl (C=O) groups is 2. The SMILES string of the molecule is CC(C)(C)OC(=O)N1CC[C@H](C(=O)N2CCCC(C(O)c3c(O)ccc(Cl)c3Cl)CC2)C1. The molecule has 2 heterocycles. The summed E-state index contributed by atoms with van der Waals surface area (Å²) in [6, 6.07) is 2.92. The maximum Gasteiger partial charge on any atom is 0.410 e. The lowest BCUT2D eigenvalue weighted by Gasteiger charge is -2.26. The molecule has 7 nitrogen and oxygen atoms in total. The lowest BCUT2D eigenvalue weighted by molar-refractivity contribution is -0.135. The highest BCUT2D eigenvalue weighted by atomic mass is 35.5. The zero-order valence-corrected chi connectivity index (χ0v) is 20.3. The van der Waals surface area contributed by atoms with Crippen LogP contribution in [0.1, 0.15) is 58.1 Å². The van der Waals surface area contributed by atoms with Crippen molar-refractivity contribution in [3.05, 3.63) is 27.7 Å². The van der Waals surface area contributed by atoms with Gasteiger partial charge in [0.2, 0.25) is 5.91 Å². The molecule has 3 atom stereocenters. The molecule has 2 unspecified atom stereocenters. The maximum absolute atomic E-state index is 13.1. The Balaban J connectivity index is 1.59. The summed E-state index contributed by atoms with van der Waals surface area (Å²) >= 11 is 12.3. The van der Waals surface area contributed by atoms with Gasteiger partial charge in [-0.25, -0.2) is 4.79 Å². The first-order valence-electron chi connectivity index (χ1n) is 11.1. The summed E-state index contributed by atoms with van der Waals surface area (Å²) in [5.74, 6) is -0.445. The van der Waals surface area contributed by atoms with Crippen molar-refractivity contribution >= 4 is 35.2 Å². The predicted octanol–water partition coefficient (Wildman–Crippen LogP) is 4.62. The molecule has 9 heteroatoms. The number of carbonyl (C=O) groups excluding carboxylic acids is 2. The molecule has 0 radical (unpaired) electrons. The van der Waals surface area contributed by atoms with Crippen LogP contribution in [0, 0.1) is 11.8 Å². The average molecular weight is 487 g/mol. The van der Waals surface area contributed by atoms with Crippen LogP contribution in [0.3, 0.4) is 0 Å². The van der Waals surface area contributed by atoms with Gasteiger partial charge in [0.25, 0.3) is 0 Å². The highest BCUT2D eigenvalue weighted by Gasteiger charge is 2.37. The molecule has 1 aromatic rings. The molecular formula is C23H32Cl2N2O5. The predicted molar refractivity (Wildman–Crippen MR) is 123 cm³/mol. The number of aromatic hydroxyl groups is 1. The van der Waals surface area contributed by atoms with Gasteiger partial charge in [-0.3, -0.25) is 4.79 Å². The van der Waals surface area contributed by atoms with Crippen molar-refractivity contribution in [1.29, 1.82) is 0 Å². The first-order valence-corrected chi connectivity index (χ1v) is 11.8. The average Bonchev–Trinajstić information content (AvgIpc) is 3.08. The number of rotatable bonds is 3. The van der Waals surface area contributed by atoms with Crippen molar-refractivity contribution in [2.45, 2.75) is 58.2 Å². The van der Waals surface area contributed by atoms with E-state index in [1.807, 2.05) is 25.7 Å². The van der Waals surface area contributed by atoms with Gasteiger partial charge in [0.1, 0.15) is 11.4 Å². The Labute approximate surface area is 199 Å². The van der Waals surface area contributed by atoms with Crippen LogP contribution in [-0.4, -0.2) is 63.8 Å². The Hall–Kier alpha value is -1.70. The van der Waals surface area contributed by atoms with Gasteiger partial charge >= 0.3 is 6.09 Å². The number of hydrogen-bond donors (Lipinski definition) is 2. The van der Waals surface area contributed by atoms with Crippen molar-refractivity contribution in [2.75, 3.05) is 26.2 Å². The number of halogens is 2. The molecule has 2 amide bonds. The van der Waals surface area contributed by atoms with Gasteiger partial charge in [0.05, 0.1) is 22.1 Å². The lowest BCUT2D eigenvalue weighted by atomic mass is 9.89. The van der Waals surface area contributed by atoms with Crippen molar-refractivity contribution < 1.29 is 24.5 Å². The molecule has 3 rings (SSSR count). The van der Waals surface area contributed by atoms with Gasteiger partial charge in [-0.05, 0) is 64.5 Å². The minimum absolute atomic E-state index is 0.0369. The largest absolute Gasteiger partial charge is 0.508 e. The molecule has 0 spiro atoms. The van der Waals surface area contributed by atoms with Crippen LogP contribution in [0.4, 0.5) is 4.79 Å². The molecule has 0 bridgehead atoms. The number of hydrogen-bond acceptors (Lipinski definition) is 5. The van der Waals surface area contributed by atoms with E-state index in [0.29, 0.717) is 45.4 Å². The van der Waals surface area contributed by atoms with E-state index in [1.165, 1.54) is 12.1 Å². The molecule has 2 fully saturated rings. The minimum Gasteiger partial charge on any atom is -0.508 e. The Morgan fingerprint density at radius 3 is 2.47 bits per heavy atom. The van der Waals surface area contributed by atoms with E-state index in [9.17, 15) is 19.8 Å². The van der Waals surface area contributed by atoms with Gasteiger partial charge in [-0.15, -0.1) is 0 Å². The number of amides is 2. The number of nitrogens with zero attached hydrogens (tertiary/aromatic N) is 2.